The summed E-state index contributed by atoms with van der Waals surface area (Å²) in [5, 5.41) is 13.1. The minimum Gasteiger partial charge on any atom is -0.489 e. The Morgan fingerprint density at radius 2 is 1.79 bits per heavy atom. The van der Waals surface area contributed by atoms with Gasteiger partial charge in [-0.2, -0.15) is 5.26 Å². The number of ether oxygens (including phenoxy) is 4. The fraction of sp³-hybridized carbons (Fsp3) is 0.303. The summed E-state index contributed by atoms with van der Waals surface area (Å²) in [6.45, 7) is 6.23. The van der Waals surface area contributed by atoms with Gasteiger partial charge in [0.25, 0.3) is 0 Å². The first-order chi connectivity index (χ1) is 20.1. The quantitative estimate of drug-likeness (QED) is 0.216. The lowest BCUT2D eigenvalue weighted by Gasteiger charge is -2.19. The van der Waals surface area contributed by atoms with E-state index in [0.29, 0.717) is 41.4 Å². The van der Waals surface area contributed by atoms with Crippen LogP contribution in [0.5, 0.6) is 5.75 Å². The number of esters is 1. The summed E-state index contributed by atoms with van der Waals surface area (Å²) in [7, 11) is 2.93. The molecule has 0 radical (unpaired) electrons. The molecule has 0 spiro atoms. The van der Waals surface area contributed by atoms with Gasteiger partial charge in [-0.1, -0.05) is 24.3 Å². The van der Waals surface area contributed by atoms with Crippen LogP contribution >= 0.6 is 0 Å². The first-order valence-corrected chi connectivity index (χ1v) is 13.4. The molecule has 1 N–H and O–H groups in total. The second kappa shape index (κ2) is 13.2. The Balaban J connectivity index is 1.65. The number of nitriles is 1. The summed E-state index contributed by atoms with van der Waals surface area (Å²) in [5.41, 5.74) is 4.62. The molecule has 0 bridgehead atoms. The maximum Gasteiger partial charge on any atom is 0.407 e. The number of furan rings is 1. The van der Waals surface area contributed by atoms with E-state index in [1.54, 1.807) is 25.3 Å². The van der Waals surface area contributed by atoms with Crippen LogP contribution in [0, 0.1) is 11.3 Å². The topological polar surface area (TPSA) is 120 Å². The zero-order chi connectivity index (χ0) is 30.3. The fourth-order valence-electron chi connectivity index (χ4n) is 4.41. The van der Waals surface area contributed by atoms with Crippen LogP contribution < -0.4 is 10.1 Å². The lowest BCUT2D eigenvalue weighted by molar-refractivity contribution is -0.139. The summed E-state index contributed by atoms with van der Waals surface area (Å²) in [6, 6.07) is 20.8. The molecule has 1 heterocycles. The number of hydrogen-bond donors (Lipinski definition) is 1. The lowest BCUT2D eigenvalue weighted by atomic mass is 9.99. The summed E-state index contributed by atoms with van der Waals surface area (Å²) >= 11 is 0. The van der Waals surface area contributed by atoms with E-state index in [9.17, 15) is 14.9 Å². The third-order valence-corrected chi connectivity index (χ3v) is 6.24. The van der Waals surface area contributed by atoms with Crippen molar-refractivity contribution < 1.29 is 33.0 Å². The molecule has 0 atom stereocenters. The number of rotatable bonds is 10. The predicted octanol–water partition coefficient (Wildman–Crippen LogP) is 6.44. The molecular formula is C33H34N2O7. The third-order valence-electron chi connectivity index (χ3n) is 6.24. The van der Waals surface area contributed by atoms with Crippen LogP contribution in [0.4, 0.5) is 4.79 Å². The van der Waals surface area contributed by atoms with Crippen LogP contribution in [-0.4, -0.2) is 31.9 Å². The van der Waals surface area contributed by atoms with Gasteiger partial charge in [0, 0.05) is 30.2 Å². The van der Waals surface area contributed by atoms with Gasteiger partial charge in [-0.3, -0.25) is 4.79 Å². The molecule has 0 saturated heterocycles. The molecule has 9 nitrogen and oxygen atoms in total. The molecule has 0 aliphatic heterocycles. The molecule has 0 saturated carbocycles. The van der Waals surface area contributed by atoms with Crippen LogP contribution in [0.1, 0.15) is 48.8 Å². The number of alkyl carbamates (subject to hydrolysis) is 1. The highest BCUT2D eigenvalue weighted by atomic mass is 16.6. The van der Waals surface area contributed by atoms with Crippen molar-refractivity contribution in [1.29, 1.82) is 5.26 Å². The van der Waals surface area contributed by atoms with Crippen LogP contribution in [0.2, 0.25) is 0 Å². The number of amides is 1. The Bertz CT molecular complexity index is 1630. The normalized spacial score (nSPS) is 11.1. The molecule has 4 rings (SSSR count). The van der Waals surface area contributed by atoms with Crippen molar-refractivity contribution >= 4 is 23.0 Å². The molecule has 1 aromatic heterocycles. The van der Waals surface area contributed by atoms with Gasteiger partial charge < -0.3 is 28.7 Å². The second-order valence-corrected chi connectivity index (χ2v) is 10.7. The average Bonchev–Trinajstić information content (AvgIpc) is 3.37. The van der Waals surface area contributed by atoms with E-state index in [-0.39, 0.29) is 13.0 Å². The van der Waals surface area contributed by atoms with Crippen molar-refractivity contribution in [2.75, 3.05) is 14.2 Å². The van der Waals surface area contributed by atoms with E-state index >= 15 is 0 Å². The van der Waals surface area contributed by atoms with Gasteiger partial charge in [-0.25, -0.2) is 4.79 Å². The molecule has 218 valence electrons. The summed E-state index contributed by atoms with van der Waals surface area (Å²) in [6.07, 6.45) is -0.467. The van der Waals surface area contributed by atoms with Crippen LogP contribution in [0.15, 0.2) is 65.1 Å². The van der Waals surface area contributed by atoms with Gasteiger partial charge >= 0.3 is 12.1 Å². The monoisotopic (exact) mass is 570 g/mol. The molecule has 1 amide bonds. The van der Waals surface area contributed by atoms with Gasteiger partial charge in [-0.15, -0.1) is 0 Å². The number of fused-ring (bicyclic) bond motifs is 1. The Hall–Kier alpha value is -4.81. The van der Waals surface area contributed by atoms with E-state index in [1.165, 1.54) is 7.11 Å². The molecule has 4 aromatic rings. The standard InChI is InChI=1S/C33H34N2O7/c1-33(2,3)42-32(37)35-18-22-7-6-8-24(11-22)28-13-23(12-26-15-27(20-38-4)41-31(26)28)19-40-29-14-21(17-34)9-10-25(29)16-30(36)39-5/h6-15H,16,18-20H2,1-5H3,(H,35,37). The van der Waals surface area contributed by atoms with E-state index in [0.717, 1.165) is 27.6 Å². The highest BCUT2D eigenvalue weighted by molar-refractivity contribution is 5.93. The number of methoxy groups -OCH3 is 2. The molecule has 42 heavy (non-hydrogen) atoms. The Labute approximate surface area is 244 Å². The van der Waals surface area contributed by atoms with Gasteiger partial charge in [-0.05, 0) is 73.9 Å². The van der Waals surface area contributed by atoms with Crippen LogP contribution in [-0.2, 0) is 45.2 Å². The van der Waals surface area contributed by atoms with Crippen molar-refractivity contribution in [3.63, 3.8) is 0 Å². The Kier molecular flexibility index (Phi) is 9.50. The Morgan fingerprint density at radius 1 is 0.976 bits per heavy atom. The van der Waals surface area contributed by atoms with Crippen LogP contribution in [0.3, 0.4) is 0 Å². The van der Waals surface area contributed by atoms with Gasteiger partial charge in [0.05, 0.1) is 25.2 Å². The first-order valence-electron chi connectivity index (χ1n) is 13.4. The highest BCUT2D eigenvalue weighted by Crippen LogP contribution is 2.34. The fourth-order valence-corrected chi connectivity index (χ4v) is 4.41. The van der Waals surface area contributed by atoms with Crippen molar-refractivity contribution in [3.8, 4) is 22.9 Å². The molecule has 3 aromatic carbocycles. The number of hydrogen-bond acceptors (Lipinski definition) is 8. The predicted molar refractivity (Wildman–Crippen MR) is 157 cm³/mol. The van der Waals surface area contributed by atoms with Gasteiger partial charge in [0.1, 0.15) is 35.9 Å². The van der Waals surface area contributed by atoms with Gasteiger partial charge in [0.2, 0.25) is 0 Å². The Morgan fingerprint density at radius 3 is 2.50 bits per heavy atom. The number of nitrogens with zero attached hydrogens (tertiary/aromatic N) is 1. The summed E-state index contributed by atoms with van der Waals surface area (Å²) in [4.78, 5) is 24.1. The largest absolute Gasteiger partial charge is 0.489 e. The number of nitrogens with one attached hydrogen (secondary N) is 1. The van der Waals surface area contributed by atoms with Crippen molar-refractivity contribution in [1.82, 2.24) is 5.32 Å². The first kappa shape index (κ1) is 30.2. The highest BCUT2D eigenvalue weighted by Gasteiger charge is 2.17. The third kappa shape index (κ3) is 7.89. The van der Waals surface area contributed by atoms with E-state index in [1.807, 2.05) is 63.2 Å². The van der Waals surface area contributed by atoms with E-state index in [2.05, 4.69) is 11.4 Å². The average molecular weight is 571 g/mol. The van der Waals surface area contributed by atoms with E-state index in [4.69, 9.17) is 23.4 Å². The number of carbonyl (C=O) groups is 2. The number of benzene rings is 3. The zero-order valence-electron chi connectivity index (χ0n) is 24.4. The minimum atomic E-state index is -0.588. The molecule has 0 fully saturated rings. The van der Waals surface area contributed by atoms with Crippen molar-refractivity contribution in [3.05, 3.63) is 88.7 Å². The molecule has 0 aliphatic rings. The maximum atomic E-state index is 12.2. The van der Waals surface area contributed by atoms with E-state index < -0.39 is 17.7 Å². The molecule has 0 aliphatic carbocycles. The molecule has 9 heteroatoms. The lowest BCUT2D eigenvalue weighted by Crippen LogP contribution is -2.32. The van der Waals surface area contributed by atoms with Crippen molar-refractivity contribution in [2.45, 2.75) is 52.6 Å². The van der Waals surface area contributed by atoms with Gasteiger partial charge in [0.15, 0.2) is 0 Å². The number of carbonyl (C=O) groups excluding carboxylic acids is 2. The SMILES string of the molecule is COCc1cc2cc(COc3cc(C#N)ccc3CC(=O)OC)cc(-c3cccc(CNC(=O)OC(C)(C)C)c3)c2o1. The van der Waals surface area contributed by atoms with Crippen LogP contribution in [0.25, 0.3) is 22.1 Å². The smallest absolute Gasteiger partial charge is 0.407 e. The summed E-state index contributed by atoms with van der Waals surface area (Å²) < 4.78 is 27.8. The zero-order valence-corrected chi connectivity index (χ0v) is 24.4. The van der Waals surface area contributed by atoms with Crippen molar-refractivity contribution in [2.24, 2.45) is 0 Å². The maximum absolute atomic E-state index is 12.2. The summed E-state index contributed by atoms with van der Waals surface area (Å²) in [5.74, 6) is 0.707. The second-order valence-electron chi connectivity index (χ2n) is 10.7. The minimum absolute atomic E-state index is 0.0219. The molecular weight excluding hydrogens is 536 g/mol. The molecule has 0 unspecified atom stereocenters.